The molecule has 2 aromatic carbocycles. The molecule has 0 saturated carbocycles. The van der Waals surface area contributed by atoms with Gasteiger partial charge in [0, 0.05) is 24.8 Å². The number of anilines is 1. The van der Waals surface area contributed by atoms with Gasteiger partial charge in [-0.1, -0.05) is 24.3 Å². The highest BCUT2D eigenvalue weighted by atomic mass is 32.2. The summed E-state index contributed by atoms with van der Waals surface area (Å²) in [6, 6.07) is 12.3. The third-order valence-corrected chi connectivity index (χ3v) is 5.98. The Hall–Kier alpha value is -1.59. The van der Waals surface area contributed by atoms with E-state index in [1.165, 1.54) is 5.39 Å². The van der Waals surface area contributed by atoms with Gasteiger partial charge < -0.3 is 5.73 Å². The van der Waals surface area contributed by atoms with Crippen LogP contribution in [0.3, 0.4) is 0 Å². The highest BCUT2D eigenvalue weighted by molar-refractivity contribution is 7.91. The molecule has 0 aliphatic carbocycles. The molecule has 0 aromatic heterocycles. The normalized spacial score (nSPS) is 22.4. The Morgan fingerprint density at radius 2 is 1.90 bits per heavy atom. The van der Waals surface area contributed by atoms with Gasteiger partial charge in [0.15, 0.2) is 9.84 Å². The van der Waals surface area contributed by atoms with Crippen LogP contribution in [0.4, 0.5) is 5.69 Å². The van der Waals surface area contributed by atoms with E-state index < -0.39 is 9.84 Å². The second-order valence-electron chi connectivity index (χ2n) is 5.83. The third-order valence-electron chi connectivity index (χ3n) is 4.19. The first-order chi connectivity index (χ1) is 9.94. The van der Waals surface area contributed by atoms with Gasteiger partial charge in [0.25, 0.3) is 0 Å². The molecule has 21 heavy (non-hydrogen) atoms. The third kappa shape index (κ3) is 3.04. The quantitative estimate of drug-likeness (QED) is 0.862. The number of benzene rings is 2. The van der Waals surface area contributed by atoms with Gasteiger partial charge in [0.1, 0.15) is 0 Å². The van der Waals surface area contributed by atoms with Crippen LogP contribution in [-0.2, 0) is 16.4 Å². The Morgan fingerprint density at radius 3 is 2.57 bits per heavy atom. The fourth-order valence-electron chi connectivity index (χ4n) is 2.93. The fourth-order valence-corrected chi connectivity index (χ4v) is 4.55. The molecule has 1 fully saturated rings. The van der Waals surface area contributed by atoms with Crippen molar-refractivity contribution in [1.82, 2.24) is 4.90 Å². The van der Waals surface area contributed by atoms with Crippen LogP contribution >= 0.6 is 0 Å². The molecule has 5 heteroatoms. The van der Waals surface area contributed by atoms with E-state index in [1.54, 1.807) is 0 Å². The second-order valence-corrected chi connectivity index (χ2v) is 8.06. The minimum Gasteiger partial charge on any atom is -0.398 e. The second kappa shape index (κ2) is 5.31. The smallest absolute Gasteiger partial charge is 0.153 e. The molecule has 0 bridgehead atoms. The summed E-state index contributed by atoms with van der Waals surface area (Å²) in [6.07, 6.45) is 0. The largest absolute Gasteiger partial charge is 0.398 e. The molecule has 3 rings (SSSR count). The van der Waals surface area contributed by atoms with Crippen LogP contribution in [-0.4, -0.2) is 37.4 Å². The summed E-state index contributed by atoms with van der Waals surface area (Å²) >= 11 is 0. The maximum atomic E-state index is 11.6. The molecule has 1 atom stereocenters. The molecule has 1 heterocycles. The number of hydrogen-bond donors (Lipinski definition) is 1. The lowest BCUT2D eigenvalue weighted by atomic mass is 10.0. The van der Waals surface area contributed by atoms with E-state index in [9.17, 15) is 8.42 Å². The van der Waals surface area contributed by atoms with E-state index in [4.69, 9.17) is 5.73 Å². The first-order valence-corrected chi connectivity index (χ1v) is 8.98. The van der Waals surface area contributed by atoms with Crippen molar-refractivity contribution < 1.29 is 8.42 Å². The summed E-state index contributed by atoms with van der Waals surface area (Å²) in [5, 5.41) is 2.30. The summed E-state index contributed by atoms with van der Waals surface area (Å²) in [5.74, 6) is 0.477. The Kier molecular flexibility index (Phi) is 3.63. The molecule has 1 aliphatic rings. The molecule has 4 nitrogen and oxygen atoms in total. The first kappa shape index (κ1) is 14.4. The van der Waals surface area contributed by atoms with Crippen LogP contribution < -0.4 is 5.73 Å². The van der Waals surface area contributed by atoms with Crippen molar-refractivity contribution in [3.8, 4) is 0 Å². The van der Waals surface area contributed by atoms with Crippen LogP contribution in [0.2, 0.25) is 0 Å². The zero-order chi connectivity index (χ0) is 15.0. The molecule has 0 spiro atoms. The fraction of sp³-hybridized carbons (Fsp3) is 0.375. The van der Waals surface area contributed by atoms with Gasteiger partial charge in [0.2, 0.25) is 0 Å². The van der Waals surface area contributed by atoms with Gasteiger partial charge >= 0.3 is 0 Å². The molecular weight excluding hydrogens is 284 g/mol. The Morgan fingerprint density at radius 1 is 1.24 bits per heavy atom. The van der Waals surface area contributed by atoms with E-state index in [-0.39, 0.29) is 17.5 Å². The van der Waals surface area contributed by atoms with Crippen molar-refractivity contribution >= 4 is 26.3 Å². The van der Waals surface area contributed by atoms with E-state index in [1.807, 2.05) is 31.2 Å². The molecule has 1 aliphatic heterocycles. The number of hydrogen-bond acceptors (Lipinski definition) is 4. The molecule has 0 amide bonds. The summed E-state index contributed by atoms with van der Waals surface area (Å²) in [4.78, 5) is 2.20. The predicted octanol–water partition coefficient (Wildman–Crippen LogP) is 2.04. The minimum atomic E-state index is -2.87. The van der Waals surface area contributed by atoms with E-state index in [0.717, 1.165) is 16.6 Å². The first-order valence-electron chi connectivity index (χ1n) is 7.16. The lowest BCUT2D eigenvalue weighted by Crippen LogP contribution is -2.46. The Balaban J connectivity index is 1.86. The molecule has 1 unspecified atom stereocenters. The highest BCUT2D eigenvalue weighted by Crippen LogP contribution is 2.24. The zero-order valence-electron chi connectivity index (χ0n) is 12.1. The van der Waals surface area contributed by atoms with Crippen LogP contribution in [0.25, 0.3) is 10.8 Å². The van der Waals surface area contributed by atoms with Crippen LogP contribution in [0.5, 0.6) is 0 Å². The average molecular weight is 304 g/mol. The van der Waals surface area contributed by atoms with Crippen molar-refractivity contribution in [1.29, 1.82) is 0 Å². The van der Waals surface area contributed by atoms with E-state index in [0.29, 0.717) is 13.1 Å². The van der Waals surface area contributed by atoms with Gasteiger partial charge in [-0.25, -0.2) is 8.42 Å². The summed E-state index contributed by atoms with van der Waals surface area (Å²) in [6.45, 7) is 3.25. The zero-order valence-corrected chi connectivity index (χ0v) is 12.9. The Labute approximate surface area is 125 Å². The summed E-state index contributed by atoms with van der Waals surface area (Å²) < 4.78 is 23.3. The SMILES string of the molecule is CC1CS(=O)(=O)CCN1Cc1cc2ccccc2cc1N. The number of sulfone groups is 1. The molecule has 2 aromatic rings. The Bertz CT molecular complexity index is 771. The average Bonchev–Trinajstić information content (AvgIpc) is 2.42. The number of nitrogen functional groups attached to an aromatic ring is 1. The van der Waals surface area contributed by atoms with Gasteiger partial charge in [0.05, 0.1) is 11.5 Å². The molecular formula is C16H20N2O2S. The van der Waals surface area contributed by atoms with E-state index in [2.05, 4.69) is 17.0 Å². The van der Waals surface area contributed by atoms with Crippen molar-refractivity contribution in [3.05, 3.63) is 42.0 Å². The summed E-state index contributed by atoms with van der Waals surface area (Å²) in [7, 11) is -2.87. The number of fused-ring (bicyclic) bond motifs is 1. The maximum absolute atomic E-state index is 11.6. The molecule has 0 radical (unpaired) electrons. The van der Waals surface area contributed by atoms with Gasteiger partial charge in [-0.3, -0.25) is 4.90 Å². The number of nitrogens with zero attached hydrogens (tertiary/aromatic N) is 1. The molecule has 2 N–H and O–H groups in total. The van der Waals surface area contributed by atoms with Gasteiger partial charge in [-0.15, -0.1) is 0 Å². The highest BCUT2D eigenvalue weighted by Gasteiger charge is 2.28. The molecule has 1 saturated heterocycles. The lowest BCUT2D eigenvalue weighted by Gasteiger charge is -2.33. The van der Waals surface area contributed by atoms with Crippen molar-refractivity contribution in [2.24, 2.45) is 0 Å². The summed E-state index contributed by atoms with van der Waals surface area (Å²) in [5.41, 5.74) is 8.00. The van der Waals surface area contributed by atoms with Gasteiger partial charge in [-0.05, 0) is 35.4 Å². The predicted molar refractivity (Wildman–Crippen MR) is 86.9 cm³/mol. The van der Waals surface area contributed by atoms with Crippen LogP contribution in [0, 0.1) is 0 Å². The van der Waals surface area contributed by atoms with Crippen molar-refractivity contribution in [3.63, 3.8) is 0 Å². The van der Waals surface area contributed by atoms with Crippen LogP contribution in [0.1, 0.15) is 12.5 Å². The lowest BCUT2D eigenvalue weighted by molar-refractivity contribution is 0.218. The number of nitrogens with two attached hydrogens (primary N) is 1. The topological polar surface area (TPSA) is 63.4 Å². The number of rotatable bonds is 2. The molecule has 112 valence electrons. The minimum absolute atomic E-state index is 0.0367. The van der Waals surface area contributed by atoms with E-state index >= 15 is 0 Å². The monoisotopic (exact) mass is 304 g/mol. The maximum Gasteiger partial charge on any atom is 0.153 e. The van der Waals surface area contributed by atoms with Crippen molar-refractivity contribution in [2.45, 2.75) is 19.5 Å². The van der Waals surface area contributed by atoms with Crippen molar-refractivity contribution in [2.75, 3.05) is 23.8 Å². The standard InChI is InChI=1S/C16H20N2O2S/c1-12-11-21(19,20)7-6-18(12)10-15-8-13-4-2-3-5-14(13)9-16(15)17/h2-5,8-9,12H,6-7,10-11,17H2,1H3. The van der Waals surface area contributed by atoms with Crippen LogP contribution in [0.15, 0.2) is 36.4 Å². The van der Waals surface area contributed by atoms with Gasteiger partial charge in [-0.2, -0.15) is 0 Å².